The molecule has 1 aromatic carbocycles. The highest BCUT2D eigenvalue weighted by Crippen LogP contribution is 2.25. The Balaban J connectivity index is 2.29. The fraction of sp³-hybridized carbons (Fsp3) is 0.333. The number of nitrogens with one attached hydrogen (secondary N) is 1. The van der Waals surface area contributed by atoms with Gasteiger partial charge in [0.15, 0.2) is 0 Å². The average molecular weight is 273 g/mol. The summed E-state index contributed by atoms with van der Waals surface area (Å²) in [5.41, 5.74) is 0.974. The third-order valence-electron chi connectivity index (χ3n) is 3.11. The maximum Gasteiger partial charge on any atom is 0.253 e. The number of aromatic nitrogens is 2. The molecule has 0 saturated heterocycles. The Morgan fingerprint density at radius 2 is 2.15 bits per heavy atom. The molecule has 0 aliphatic rings. The Morgan fingerprint density at radius 1 is 1.35 bits per heavy atom. The van der Waals surface area contributed by atoms with Gasteiger partial charge in [0.1, 0.15) is 5.75 Å². The number of hydrogen-bond acceptors (Lipinski definition) is 4. The third kappa shape index (κ3) is 3.24. The lowest BCUT2D eigenvalue weighted by molar-refractivity contribution is 0.329. The molecular formula is C15H19N3O2. The molecule has 2 rings (SSSR count). The molecule has 20 heavy (non-hydrogen) atoms. The minimum absolute atomic E-state index is 0.0142. The number of nitrogens with zero attached hydrogens (tertiary/aromatic N) is 2. The van der Waals surface area contributed by atoms with E-state index in [0.717, 1.165) is 11.3 Å². The van der Waals surface area contributed by atoms with Crippen molar-refractivity contribution in [3.05, 3.63) is 58.8 Å². The van der Waals surface area contributed by atoms with E-state index in [0.29, 0.717) is 13.2 Å². The first-order valence-corrected chi connectivity index (χ1v) is 6.65. The van der Waals surface area contributed by atoms with Crippen LogP contribution in [0, 0.1) is 0 Å². The van der Waals surface area contributed by atoms with Crippen LogP contribution >= 0.6 is 0 Å². The van der Waals surface area contributed by atoms with Gasteiger partial charge in [-0.3, -0.25) is 9.36 Å². The van der Waals surface area contributed by atoms with Gasteiger partial charge >= 0.3 is 0 Å². The second-order valence-corrected chi connectivity index (χ2v) is 4.38. The quantitative estimate of drug-likeness (QED) is 0.868. The number of hydrogen-bond donors (Lipinski definition) is 1. The zero-order valence-electron chi connectivity index (χ0n) is 11.7. The molecule has 0 saturated carbocycles. The van der Waals surface area contributed by atoms with Gasteiger partial charge in [0.2, 0.25) is 0 Å². The van der Waals surface area contributed by atoms with Crippen LogP contribution in [-0.4, -0.2) is 23.2 Å². The molecule has 1 aromatic heterocycles. The van der Waals surface area contributed by atoms with Crippen molar-refractivity contribution in [3.63, 3.8) is 0 Å². The SMILES string of the molecule is CCOc1ccccc1C(Cn1cnccc1=O)NC. The van der Waals surface area contributed by atoms with E-state index in [1.54, 1.807) is 10.9 Å². The van der Waals surface area contributed by atoms with Crippen LogP contribution in [0.15, 0.2) is 47.7 Å². The minimum Gasteiger partial charge on any atom is -0.494 e. The smallest absolute Gasteiger partial charge is 0.253 e. The van der Waals surface area contributed by atoms with Crippen LogP contribution in [0.4, 0.5) is 0 Å². The number of para-hydroxylation sites is 1. The number of benzene rings is 1. The van der Waals surface area contributed by atoms with Crippen molar-refractivity contribution < 1.29 is 4.74 Å². The van der Waals surface area contributed by atoms with Crippen molar-refractivity contribution in [3.8, 4) is 5.75 Å². The highest BCUT2D eigenvalue weighted by Gasteiger charge is 2.15. The maximum absolute atomic E-state index is 11.8. The predicted molar refractivity (Wildman–Crippen MR) is 77.9 cm³/mol. The van der Waals surface area contributed by atoms with Crippen molar-refractivity contribution in [2.75, 3.05) is 13.7 Å². The van der Waals surface area contributed by atoms with Gasteiger partial charge < -0.3 is 10.1 Å². The summed E-state index contributed by atoms with van der Waals surface area (Å²) in [7, 11) is 1.87. The molecule has 0 spiro atoms. The molecule has 5 nitrogen and oxygen atoms in total. The van der Waals surface area contributed by atoms with E-state index in [4.69, 9.17) is 4.74 Å². The Kier molecular flexibility index (Phi) is 4.90. The molecule has 0 amide bonds. The van der Waals surface area contributed by atoms with Crippen LogP contribution in [0.25, 0.3) is 0 Å². The second-order valence-electron chi connectivity index (χ2n) is 4.38. The molecule has 1 unspecified atom stereocenters. The number of likely N-dealkylation sites (N-methyl/N-ethyl adjacent to an activating group) is 1. The Bertz CT molecular complexity index is 610. The summed E-state index contributed by atoms with van der Waals surface area (Å²) in [4.78, 5) is 15.8. The summed E-state index contributed by atoms with van der Waals surface area (Å²) in [6, 6.07) is 9.30. The normalized spacial score (nSPS) is 12.1. The zero-order chi connectivity index (χ0) is 14.4. The number of ether oxygens (including phenoxy) is 1. The molecule has 106 valence electrons. The van der Waals surface area contributed by atoms with Crippen molar-refractivity contribution in [1.82, 2.24) is 14.9 Å². The first kappa shape index (κ1) is 14.3. The monoisotopic (exact) mass is 273 g/mol. The topological polar surface area (TPSA) is 56.2 Å². The van der Waals surface area contributed by atoms with Crippen molar-refractivity contribution in [2.24, 2.45) is 0 Å². The van der Waals surface area contributed by atoms with E-state index in [9.17, 15) is 4.79 Å². The average Bonchev–Trinajstić information content (AvgIpc) is 2.48. The molecule has 5 heteroatoms. The van der Waals surface area contributed by atoms with Crippen molar-refractivity contribution in [1.29, 1.82) is 0 Å². The summed E-state index contributed by atoms with van der Waals surface area (Å²) in [6.45, 7) is 3.07. The van der Waals surface area contributed by atoms with E-state index in [-0.39, 0.29) is 11.6 Å². The van der Waals surface area contributed by atoms with E-state index in [2.05, 4.69) is 10.3 Å². The lowest BCUT2D eigenvalue weighted by Crippen LogP contribution is -2.28. The fourth-order valence-corrected chi connectivity index (χ4v) is 2.11. The summed E-state index contributed by atoms with van der Waals surface area (Å²) >= 11 is 0. The van der Waals surface area contributed by atoms with E-state index in [1.165, 1.54) is 12.3 Å². The van der Waals surface area contributed by atoms with Gasteiger partial charge in [0.05, 0.1) is 19.0 Å². The van der Waals surface area contributed by atoms with Gasteiger partial charge in [-0.05, 0) is 20.0 Å². The zero-order valence-corrected chi connectivity index (χ0v) is 11.7. The van der Waals surface area contributed by atoms with E-state index in [1.807, 2.05) is 38.2 Å². The molecule has 1 heterocycles. The lowest BCUT2D eigenvalue weighted by atomic mass is 10.1. The first-order chi connectivity index (χ1) is 9.76. The molecule has 0 aliphatic carbocycles. The van der Waals surface area contributed by atoms with Gasteiger partial charge in [-0.15, -0.1) is 0 Å². The van der Waals surface area contributed by atoms with Crippen molar-refractivity contribution >= 4 is 0 Å². The standard InChI is InChI=1S/C15H19N3O2/c1-3-20-14-7-5-4-6-12(14)13(16-2)10-18-11-17-9-8-15(18)19/h4-9,11,13,16H,3,10H2,1-2H3. The molecule has 1 N–H and O–H groups in total. The Morgan fingerprint density at radius 3 is 2.85 bits per heavy atom. The summed E-state index contributed by atoms with van der Waals surface area (Å²) in [5.74, 6) is 0.839. The molecule has 2 aromatic rings. The summed E-state index contributed by atoms with van der Waals surface area (Å²) in [6.07, 6.45) is 3.05. The van der Waals surface area contributed by atoms with Crippen LogP contribution in [0.3, 0.4) is 0 Å². The Labute approximate surface area is 118 Å². The highest BCUT2D eigenvalue weighted by atomic mass is 16.5. The molecule has 1 atom stereocenters. The van der Waals surface area contributed by atoms with Crippen LogP contribution in [0.1, 0.15) is 18.5 Å². The maximum atomic E-state index is 11.8. The molecule has 0 bridgehead atoms. The van der Waals surface area contributed by atoms with Crippen LogP contribution in [-0.2, 0) is 6.54 Å². The van der Waals surface area contributed by atoms with Gasteiger partial charge in [-0.2, -0.15) is 0 Å². The molecule has 0 radical (unpaired) electrons. The minimum atomic E-state index is -0.0610. The van der Waals surface area contributed by atoms with Gasteiger partial charge in [0, 0.05) is 24.4 Å². The number of rotatable bonds is 6. The van der Waals surface area contributed by atoms with Crippen LogP contribution < -0.4 is 15.6 Å². The highest BCUT2D eigenvalue weighted by molar-refractivity contribution is 5.35. The van der Waals surface area contributed by atoms with Gasteiger partial charge in [-0.1, -0.05) is 18.2 Å². The molecule has 0 aliphatic heterocycles. The lowest BCUT2D eigenvalue weighted by Gasteiger charge is -2.20. The van der Waals surface area contributed by atoms with E-state index >= 15 is 0 Å². The second kappa shape index (κ2) is 6.86. The first-order valence-electron chi connectivity index (χ1n) is 6.65. The van der Waals surface area contributed by atoms with Gasteiger partial charge in [0.25, 0.3) is 5.56 Å². The molecule has 0 fully saturated rings. The van der Waals surface area contributed by atoms with Gasteiger partial charge in [-0.25, -0.2) is 4.98 Å². The van der Waals surface area contributed by atoms with Crippen LogP contribution in [0.2, 0.25) is 0 Å². The third-order valence-corrected chi connectivity index (χ3v) is 3.11. The predicted octanol–water partition coefficient (Wildman–Crippen LogP) is 1.60. The van der Waals surface area contributed by atoms with Crippen molar-refractivity contribution in [2.45, 2.75) is 19.5 Å². The van der Waals surface area contributed by atoms with E-state index < -0.39 is 0 Å². The summed E-state index contributed by atoms with van der Waals surface area (Å²) in [5, 5.41) is 3.23. The Hall–Kier alpha value is -2.14. The van der Waals surface area contributed by atoms with Crippen LogP contribution in [0.5, 0.6) is 5.75 Å². The largest absolute Gasteiger partial charge is 0.494 e. The fourth-order valence-electron chi connectivity index (χ4n) is 2.11. The summed E-state index contributed by atoms with van der Waals surface area (Å²) < 4.78 is 7.23. The molecular weight excluding hydrogens is 254 g/mol.